The Morgan fingerprint density at radius 1 is 1.47 bits per heavy atom. The molecule has 1 saturated heterocycles. The van der Waals surface area contributed by atoms with E-state index < -0.39 is 4.92 Å². The Hall–Kier alpha value is -1.82. The van der Waals surface area contributed by atoms with Gasteiger partial charge in [-0.1, -0.05) is 0 Å². The summed E-state index contributed by atoms with van der Waals surface area (Å²) in [7, 11) is 1.46. The van der Waals surface area contributed by atoms with Gasteiger partial charge >= 0.3 is 0 Å². The first-order chi connectivity index (χ1) is 8.20. The first-order valence-corrected chi connectivity index (χ1v) is 5.27. The van der Waals surface area contributed by atoms with Gasteiger partial charge in [0, 0.05) is 12.5 Å². The molecule has 0 spiro atoms. The van der Waals surface area contributed by atoms with Gasteiger partial charge < -0.3 is 14.2 Å². The molecule has 0 bridgehead atoms. The van der Waals surface area contributed by atoms with Crippen LogP contribution >= 0.6 is 0 Å². The molecule has 6 heteroatoms. The molecular weight excluding hydrogens is 226 g/mol. The maximum absolute atomic E-state index is 10.6. The molecule has 1 aliphatic heterocycles. The average Bonchev–Trinajstić information content (AvgIpc) is 2.82. The molecule has 17 heavy (non-hydrogen) atoms. The van der Waals surface area contributed by atoms with E-state index in [1.54, 1.807) is 6.07 Å². The van der Waals surface area contributed by atoms with Gasteiger partial charge in [-0.25, -0.2) is 0 Å². The fraction of sp³-hybridized carbons (Fsp3) is 0.455. The second-order valence-electron chi connectivity index (χ2n) is 3.70. The molecule has 92 valence electrons. The lowest BCUT2D eigenvalue weighted by Crippen LogP contribution is -2.16. The summed E-state index contributed by atoms with van der Waals surface area (Å²) in [6, 6.07) is 4.30. The number of ether oxygens (including phenoxy) is 3. The van der Waals surface area contributed by atoms with Crippen LogP contribution in [-0.4, -0.2) is 31.4 Å². The van der Waals surface area contributed by atoms with E-state index in [0.29, 0.717) is 24.7 Å². The van der Waals surface area contributed by atoms with E-state index in [1.807, 2.05) is 0 Å². The fourth-order valence-electron chi connectivity index (χ4n) is 1.65. The second kappa shape index (κ2) is 5.01. The second-order valence-corrected chi connectivity index (χ2v) is 3.70. The monoisotopic (exact) mass is 239 g/mol. The maximum Gasteiger partial charge on any atom is 0.273 e. The highest BCUT2D eigenvalue weighted by Crippen LogP contribution is 2.32. The summed E-state index contributed by atoms with van der Waals surface area (Å²) in [5, 5.41) is 10.6. The minimum atomic E-state index is -0.467. The van der Waals surface area contributed by atoms with Crippen molar-refractivity contribution < 1.29 is 19.1 Å². The van der Waals surface area contributed by atoms with Crippen LogP contribution < -0.4 is 9.47 Å². The van der Waals surface area contributed by atoms with Crippen molar-refractivity contribution >= 4 is 5.69 Å². The van der Waals surface area contributed by atoms with Gasteiger partial charge in [0.1, 0.15) is 6.10 Å². The molecule has 1 fully saturated rings. The zero-order valence-electron chi connectivity index (χ0n) is 9.42. The van der Waals surface area contributed by atoms with Gasteiger partial charge in [0.15, 0.2) is 11.5 Å². The first kappa shape index (κ1) is 11.7. The van der Waals surface area contributed by atoms with Crippen molar-refractivity contribution in [1.82, 2.24) is 0 Å². The Balaban J connectivity index is 2.18. The highest BCUT2D eigenvalue weighted by Gasteiger charge is 2.20. The van der Waals surface area contributed by atoms with E-state index in [1.165, 1.54) is 19.2 Å². The third kappa shape index (κ3) is 2.65. The van der Waals surface area contributed by atoms with Crippen molar-refractivity contribution in [3.63, 3.8) is 0 Å². The van der Waals surface area contributed by atoms with Crippen LogP contribution in [0.2, 0.25) is 0 Å². The summed E-state index contributed by atoms with van der Waals surface area (Å²) in [6.07, 6.45) is 0.811. The molecule has 1 aromatic rings. The van der Waals surface area contributed by atoms with Crippen LogP contribution in [0.4, 0.5) is 5.69 Å². The molecule has 1 aliphatic rings. The van der Waals surface area contributed by atoms with Crippen LogP contribution in [0.25, 0.3) is 0 Å². The van der Waals surface area contributed by atoms with Crippen molar-refractivity contribution in [2.75, 3.05) is 20.3 Å². The molecule has 0 unspecified atom stereocenters. The molecule has 0 aliphatic carbocycles. The number of rotatable bonds is 4. The van der Waals surface area contributed by atoms with Crippen LogP contribution in [0.1, 0.15) is 6.42 Å². The molecule has 2 rings (SSSR count). The number of non-ortho nitro benzene ring substituents is 1. The first-order valence-electron chi connectivity index (χ1n) is 5.27. The van der Waals surface area contributed by atoms with Crippen molar-refractivity contribution in [3.05, 3.63) is 28.3 Å². The Morgan fingerprint density at radius 3 is 2.88 bits per heavy atom. The van der Waals surface area contributed by atoms with Gasteiger partial charge in [-0.3, -0.25) is 10.1 Å². The summed E-state index contributed by atoms with van der Waals surface area (Å²) in [6.45, 7) is 1.22. The quantitative estimate of drug-likeness (QED) is 0.591. The Kier molecular flexibility index (Phi) is 3.43. The predicted molar refractivity (Wildman–Crippen MR) is 59.5 cm³/mol. The van der Waals surface area contributed by atoms with Crippen LogP contribution in [0.15, 0.2) is 18.2 Å². The van der Waals surface area contributed by atoms with Gasteiger partial charge in [-0.2, -0.15) is 0 Å². The van der Waals surface area contributed by atoms with Crippen molar-refractivity contribution in [2.24, 2.45) is 0 Å². The predicted octanol–water partition coefficient (Wildman–Crippen LogP) is 1.77. The van der Waals surface area contributed by atoms with Crippen LogP contribution in [0.3, 0.4) is 0 Å². The number of methoxy groups -OCH3 is 1. The molecule has 1 aromatic carbocycles. The molecule has 6 nitrogen and oxygen atoms in total. The number of nitrogens with zero attached hydrogens (tertiary/aromatic N) is 1. The van der Waals surface area contributed by atoms with Crippen molar-refractivity contribution in [1.29, 1.82) is 0 Å². The summed E-state index contributed by atoms with van der Waals surface area (Å²) >= 11 is 0. The van der Waals surface area contributed by atoms with Crippen LogP contribution in [0.5, 0.6) is 11.5 Å². The topological polar surface area (TPSA) is 70.8 Å². The van der Waals surface area contributed by atoms with Crippen LogP contribution in [0, 0.1) is 10.1 Å². The standard InChI is InChI=1S/C11H13NO5/c1-15-11-6-8(12(13)14)2-3-10(11)17-9-4-5-16-7-9/h2-3,6,9H,4-5,7H2,1H3/t9-/m0/s1. The number of benzene rings is 1. The van der Waals surface area contributed by atoms with Gasteiger partial charge in [0.25, 0.3) is 5.69 Å². The van der Waals surface area contributed by atoms with E-state index in [0.717, 1.165) is 6.42 Å². The summed E-state index contributed by atoms with van der Waals surface area (Å²) in [5.74, 6) is 0.875. The van der Waals surface area contributed by atoms with E-state index in [4.69, 9.17) is 14.2 Å². The highest BCUT2D eigenvalue weighted by atomic mass is 16.6. The normalized spacial score (nSPS) is 19.0. The molecule has 1 atom stereocenters. The number of nitro benzene ring substituents is 1. The van der Waals surface area contributed by atoms with Crippen LogP contribution in [-0.2, 0) is 4.74 Å². The summed E-state index contributed by atoms with van der Waals surface area (Å²) < 4.78 is 15.9. The molecule has 0 aromatic heterocycles. The number of hydrogen-bond acceptors (Lipinski definition) is 5. The third-order valence-electron chi connectivity index (χ3n) is 2.54. The Bertz CT molecular complexity index is 414. The van der Waals surface area contributed by atoms with Gasteiger partial charge in [-0.15, -0.1) is 0 Å². The van der Waals surface area contributed by atoms with E-state index in [-0.39, 0.29) is 11.8 Å². The molecular formula is C11H13NO5. The minimum absolute atomic E-state index is 0.00893. The zero-order chi connectivity index (χ0) is 12.3. The van der Waals surface area contributed by atoms with E-state index in [2.05, 4.69) is 0 Å². The fourth-order valence-corrected chi connectivity index (χ4v) is 1.65. The lowest BCUT2D eigenvalue weighted by molar-refractivity contribution is -0.385. The van der Waals surface area contributed by atoms with E-state index in [9.17, 15) is 10.1 Å². The summed E-state index contributed by atoms with van der Waals surface area (Å²) in [5.41, 5.74) is -0.0168. The number of nitro groups is 1. The van der Waals surface area contributed by atoms with Gasteiger partial charge in [-0.05, 0) is 6.07 Å². The Morgan fingerprint density at radius 2 is 2.29 bits per heavy atom. The molecule has 0 N–H and O–H groups in total. The van der Waals surface area contributed by atoms with Crippen molar-refractivity contribution in [3.8, 4) is 11.5 Å². The Labute approximate surface area is 98.2 Å². The number of hydrogen-bond donors (Lipinski definition) is 0. The third-order valence-corrected chi connectivity index (χ3v) is 2.54. The lowest BCUT2D eigenvalue weighted by atomic mass is 10.2. The smallest absolute Gasteiger partial charge is 0.273 e. The summed E-state index contributed by atoms with van der Waals surface area (Å²) in [4.78, 5) is 10.1. The SMILES string of the molecule is COc1cc([N+](=O)[O-])ccc1O[C@H]1CCOC1. The van der Waals surface area contributed by atoms with Crippen molar-refractivity contribution in [2.45, 2.75) is 12.5 Å². The molecule has 0 saturated carbocycles. The molecule has 0 amide bonds. The lowest BCUT2D eigenvalue weighted by Gasteiger charge is -2.14. The highest BCUT2D eigenvalue weighted by molar-refractivity contribution is 5.48. The minimum Gasteiger partial charge on any atom is -0.493 e. The van der Waals surface area contributed by atoms with E-state index >= 15 is 0 Å². The largest absolute Gasteiger partial charge is 0.493 e. The maximum atomic E-state index is 10.6. The molecule has 0 radical (unpaired) electrons. The van der Waals surface area contributed by atoms with Gasteiger partial charge in [0.2, 0.25) is 0 Å². The zero-order valence-corrected chi connectivity index (χ0v) is 9.42. The molecule has 1 heterocycles. The average molecular weight is 239 g/mol. The van der Waals surface area contributed by atoms with Gasteiger partial charge in [0.05, 0.1) is 31.3 Å².